The van der Waals surface area contributed by atoms with Crippen molar-refractivity contribution in [3.05, 3.63) is 29.7 Å². The topological polar surface area (TPSA) is 72.6 Å². The number of aromatic nitrogens is 1. The van der Waals surface area contributed by atoms with Crippen molar-refractivity contribution in [1.82, 2.24) is 4.98 Å². The molecule has 0 fully saturated rings. The minimum absolute atomic E-state index is 0.201. The number of benzene rings is 1. The van der Waals surface area contributed by atoms with E-state index in [0.29, 0.717) is 30.2 Å². The SMILES string of the molecule is CCCOCc1nc2cc(C(=O)O)ccc2o1. The highest BCUT2D eigenvalue weighted by Crippen LogP contribution is 2.17. The van der Waals surface area contributed by atoms with Gasteiger partial charge < -0.3 is 14.3 Å². The molecular weight excluding hydrogens is 222 g/mol. The van der Waals surface area contributed by atoms with Crippen LogP contribution in [0, 0.1) is 0 Å². The first-order chi connectivity index (χ1) is 8.20. The van der Waals surface area contributed by atoms with Gasteiger partial charge in [0.2, 0.25) is 5.89 Å². The van der Waals surface area contributed by atoms with Crippen LogP contribution < -0.4 is 0 Å². The van der Waals surface area contributed by atoms with E-state index in [1.165, 1.54) is 12.1 Å². The number of aromatic carboxylic acids is 1. The monoisotopic (exact) mass is 235 g/mol. The maximum Gasteiger partial charge on any atom is 0.335 e. The molecule has 0 aliphatic rings. The minimum Gasteiger partial charge on any atom is -0.478 e. The zero-order valence-corrected chi connectivity index (χ0v) is 9.47. The molecule has 17 heavy (non-hydrogen) atoms. The zero-order chi connectivity index (χ0) is 12.3. The first-order valence-electron chi connectivity index (χ1n) is 5.41. The molecule has 90 valence electrons. The number of fused-ring (bicyclic) bond motifs is 1. The lowest BCUT2D eigenvalue weighted by Crippen LogP contribution is -1.95. The fourth-order valence-electron chi connectivity index (χ4n) is 1.47. The standard InChI is InChI=1S/C12H13NO4/c1-2-5-16-7-11-13-9-6-8(12(14)15)3-4-10(9)17-11/h3-4,6H,2,5,7H2,1H3,(H,14,15). The summed E-state index contributed by atoms with van der Waals surface area (Å²) in [6.07, 6.45) is 0.934. The fourth-order valence-corrected chi connectivity index (χ4v) is 1.47. The van der Waals surface area contributed by atoms with Gasteiger partial charge in [-0.1, -0.05) is 6.92 Å². The number of hydrogen-bond donors (Lipinski definition) is 1. The van der Waals surface area contributed by atoms with Crippen molar-refractivity contribution in [2.75, 3.05) is 6.61 Å². The van der Waals surface area contributed by atoms with Gasteiger partial charge in [-0.2, -0.15) is 0 Å². The molecule has 2 aromatic rings. The van der Waals surface area contributed by atoms with Crippen LogP contribution in [0.25, 0.3) is 11.1 Å². The fraction of sp³-hybridized carbons (Fsp3) is 0.333. The summed E-state index contributed by atoms with van der Waals surface area (Å²) >= 11 is 0. The van der Waals surface area contributed by atoms with E-state index in [4.69, 9.17) is 14.3 Å². The lowest BCUT2D eigenvalue weighted by atomic mass is 10.2. The Kier molecular flexibility index (Phi) is 3.39. The number of ether oxygens (including phenoxy) is 1. The van der Waals surface area contributed by atoms with Gasteiger partial charge >= 0.3 is 5.97 Å². The third kappa shape index (κ3) is 2.62. The molecule has 0 amide bonds. The number of nitrogens with zero attached hydrogens (tertiary/aromatic N) is 1. The molecule has 0 saturated heterocycles. The van der Waals surface area contributed by atoms with Gasteiger partial charge in [0.1, 0.15) is 12.1 Å². The summed E-state index contributed by atoms with van der Waals surface area (Å²) in [5.41, 5.74) is 1.32. The highest BCUT2D eigenvalue weighted by molar-refractivity contribution is 5.91. The zero-order valence-electron chi connectivity index (χ0n) is 9.47. The highest BCUT2D eigenvalue weighted by Gasteiger charge is 2.09. The Morgan fingerprint density at radius 3 is 3.06 bits per heavy atom. The van der Waals surface area contributed by atoms with E-state index in [1.807, 2.05) is 6.92 Å². The van der Waals surface area contributed by atoms with Gasteiger partial charge in [0, 0.05) is 6.61 Å². The third-order valence-corrected chi connectivity index (χ3v) is 2.25. The van der Waals surface area contributed by atoms with Gasteiger partial charge in [-0.25, -0.2) is 9.78 Å². The largest absolute Gasteiger partial charge is 0.478 e. The molecule has 0 unspecified atom stereocenters. The van der Waals surface area contributed by atoms with Crippen LogP contribution in [-0.2, 0) is 11.3 Å². The van der Waals surface area contributed by atoms with E-state index in [9.17, 15) is 4.79 Å². The lowest BCUT2D eigenvalue weighted by molar-refractivity contribution is 0.0697. The van der Waals surface area contributed by atoms with Crippen LogP contribution in [0.3, 0.4) is 0 Å². The quantitative estimate of drug-likeness (QED) is 0.806. The van der Waals surface area contributed by atoms with Gasteiger partial charge in [-0.05, 0) is 24.6 Å². The third-order valence-electron chi connectivity index (χ3n) is 2.25. The summed E-state index contributed by atoms with van der Waals surface area (Å²) in [5.74, 6) is -0.505. The number of rotatable bonds is 5. The van der Waals surface area contributed by atoms with E-state index in [-0.39, 0.29) is 5.56 Å². The Hall–Kier alpha value is -1.88. The van der Waals surface area contributed by atoms with Crippen LogP contribution in [0.5, 0.6) is 0 Å². The number of carbonyl (C=O) groups is 1. The van der Waals surface area contributed by atoms with Crippen LogP contribution in [0.4, 0.5) is 0 Å². The highest BCUT2D eigenvalue weighted by atomic mass is 16.5. The Morgan fingerprint density at radius 1 is 1.53 bits per heavy atom. The van der Waals surface area contributed by atoms with E-state index >= 15 is 0 Å². The molecule has 0 aliphatic heterocycles. The number of carboxylic acids is 1. The number of oxazole rings is 1. The summed E-state index contributed by atoms with van der Waals surface area (Å²) in [6, 6.07) is 4.59. The molecule has 0 bridgehead atoms. The average molecular weight is 235 g/mol. The Morgan fingerprint density at radius 2 is 2.35 bits per heavy atom. The molecule has 2 rings (SSSR count). The van der Waals surface area contributed by atoms with E-state index in [1.54, 1.807) is 6.07 Å². The molecule has 1 heterocycles. The van der Waals surface area contributed by atoms with E-state index in [2.05, 4.69) is 4.98 Å². The van der Waals surface area contributed by atoms with Gasteiger partial charge in [-0.15, -0.1) is 0 Å². The van der Waals surface area contributed by atoms with Crippen molar-refractivity contribution in [1.29, 1.82) is 0 Å². The van der Waals surface area contributed by atoms with Crippen LogP contribution in [0.15, 0.2) is 22.6 Å². The Balaban J connectivity index is 2.21. The van der Waals surface area contributed by atoms with Gasteiger partial charge in [0.05, 0.1) is 5.56 Å². The van der Waals surface area contributed by atoms with Crippen molar-refractivity contribution >= 4 is 17.1 Å². The average Bonchev–Trinajstić information content (AvgIpc) is 2.70. The van der Waals surface area contributed by atoms with Crippen molar-refractivity contribution in [2.45, 2.75) is 20.0 Å². The number of carboxylic acid groups (broad SMARTS) is 1. The van der Waals surface area contributed by atoms with Crippen molar-refractivity contribution in [3.63, 3.8) is 0 Å². The van der Waals surface area contributed by atoms with Crippen molar-refractivity contribution in [3.8, 4) is 0 Å². The van der Waals surface area contributed by atoms with Crippen molar-refractivity contribution < 1.29 is 19.1 Å². The molecule has 0 aliphatic carbocycles. The second-order valence-corrected chi connectivity index (χ2v) is 3.65. The molecule has 5 heteroatoms. The van der Waals surface area contributed by atoms with E-state index in [0.717, 1.165) is 6.42 Å². The predicted octanol–water partition coefficient (Wildman–Crippen LogP) is 2.45. The van der Waals surface area contributed by atoms with Gasteiger partial charge in [-0.3, -0.25) is 0 Å². The van der Waals surface area contributed by atoms with Gasteiger partial charge in [0.25, 0.3) is 0 Å². The Bertz CT molecular complexity index is 532. The summed E-state index contributed by atoms with van der Waals surface area (Å²) in [5, 5.41) is 8.84. The maximum atomic E-state index is 10.8. The maximum absolute atomic E-state index is 10.8. The molecular formula is C12H13NO4. The van der Waals surface area contributed by atoms with E-state index < -0.39 is 5.97 Å². The normalized spacial score (nSPS) is 10.9. The first-order valence-corrected chi connectivity index (χ1v) is 5.41. The molecule has 0 radical (unpaired) electrons. The second-order valence-electron chi connectivity index (χ2n) is 3.65. The second kappa shape index (κ2) is 4.97. The molecule has 5 nitrogen and oxygen atoms in total. The summed E-state index contributed by atoms with van der Waals surface area (Å²) < 4.78 is 10.7. The number of hydrogen-bond acceptors (Lipinski definition) is 4. The summed E-state index contributed by atoms with van der Waals surface area (Å²) in [7, 11) is 0. The van der Waals surface area contributed by atoms with Crippen LogP contribution in [0.2, 0.25) is 0 Å². The first kappa shape index (κ1) is 11.6. The smallest absolute Gasteiger partial charge is 0.335 e. The minimum atomic E-state index is -0.973. The molecule has 1 N–H and O–H groups in total. The van der Waals surface area contributed by atoms with Crippen LogP contribution >= 0.6 is 0 Å². The molecule has 1 aromatic carbocycles. The molecule has 1 aromatic heterocycles. The summed E-state index contributed by atoms with van der Waals surface area (Å²) in [4.78, 5) is 15.0. The molecule has 0 spiro atoms. The predicted molar refractivity (Wildman–Crippen MR) is 60.9 cm³/mol. The van der Waals surface area contributed by atoms with Crippen molar-refractivity contribution in [2.24, 2.45) is 0 Å². The molecule has 0 saturated carbocycles. The van der Waals surface area contributed by atoms with Crippen LogP contribution in [0.1, 0.15) is 29.6 Å². The molecule has 0 atom stereocenters. The van der Waals surface area contributed by atoms with Crippen LogP contribution in [-0.4, -0.2) is 22.7 Å². The lowest BCUT2D eigenvalue weighted by Gasteiger charge is -1.96. The summed E-state index contributed by atoms with van der Waals surface area (Å²) in [6.45, 7) is 2.98. The van der Waals surface area contributed by atoms with Gasteiger partial charge in [0.15, 0.2) is 5.58 Å². The Labute approximate surface area is 98.0 Å².